The summed E-state index contributed by atoms with van der Waals surface area (Å²) < 4.78 is 0. The predicted molar refractivity (Wildman–Crippen MR) is 63.1 cm³/mol. The number of nitrogens with zero attached hydrogens (tertiary/aromatic N) is 1. The minimum Gasteiger partial charge on any atom is -0.389 e. The molecule has 0 saturated carbocycles. The van der Waals surface area contributed by atoms with Crippen molar-refractivity contribution in [3.63, 3.8) is 0 Å². The van der Waals surface area contributed by atoms with Crippen LogP contribution >= 0.6 is 0 Å². The summed E-state index contributed by atoms with van der Waals surface area (Å²) in [4.78, 5) is 2.36. The molecule has 0 amide bonds. The Hall–Kier alpha value is -1.02. The summed E-state index contributed by atoms with van der Waals surface area (Å²) in [6.07, 6.45) is 0.884. The van der Waals surface area contributed by atoms with Crippen molar-refractivity contribution >= 4 is 5.69 Å². The summed E-state index contributed by atoms with van der Waals surface area (Å²) in [5, 5.41) is 9.67. The fourth-order valence-corrected chi connectivity index (χ4v) is 2.15. The predicted octanol–water partition coefficient (Wildman–Crippen LogP) is 2.59. The first-order valence-electron chi connectivity index (χ1n) is 5.74. The minimum atomic E-state index is -0.373. The lowest BCUT2D eigenvalue weighted by Gasteiger charge is -2.42. The second kappa shape index (κ2) is 4.23. The van der Waals surface area contributed by atoms with Crippen molar-refractivity contribution in [2.24, 2.45) is 5.92 Å². The monoisotopic (exact) mass is 205 g/mol. The van der Waals surface area contributed by atoms with Crippen LogP contribution in [0, 0.1) is 5.92 Å². The van der Waals surface area contributed by atoms with Crippen LogP contribution in [0.25, 0.3) is 0 Å². The van der Waals surface area contributed by atoms with Gasteiger partial charge in [-0.2, -0.15) is 0 Å². The lowest BCUT2D eigenvalue weighted by atomic mass is 9.95. The molecule has 0 spiro atoms. The maximum atomic E-state index is 9.67. The van der Waals surface area contributed by atoms with E-state index < -0.39 is 0 Å². The topological polar surface area (TPSA) is 23.5 Å². The van der Waals surface area contributed by atoms with Crippen molar-refractivity contribution in [2.45, 2.75) is 26.4 Å². The summed E-state index contributed by atoms with van der Waals surface area (Å²) in [5.74, 6) is 0.840. The fraction of sp³-hybridized carbons (Fsp3) is 0.538. The summed E-state index contributed by atoms with van der Waals surface area (Å²) in [7, 11) is 0. The highest BCUT2D eigenvalue weighted by molar-refractivity contribution is 5.56. The fourth-order valence-electron chi connectivity index (χ4n) is 2.15. The molecule has 1 aliphatic rings. The molecule has 2 heteroatoms. The number of anilines is 1. The molecule has 0 aromatic heterocycles. The van der Waals surface area contributed by atoms with Crippen LogP contribution in [0.5, 0.6) is 0 Å². The third-order valence-electron chi connectivity index (χ3n) is 3.26. The van der Waals surface area contributed by atoms with Gasteiger partial charge < -0.3 is 10.0 Å². The van der Waals surface area contributed by atoms with E-state index in [0.29, 0.717) is 0 Å². The van der Waals surface area contributed by atoms with E-state index >= 15 is 0 Å². The molecule has 82 valence electrons. The molecule has 0 bridgehead atoms. The van der Waals surface area contributed by atoms with Crippen LogP contribution < -0.4 is 4.90 Å². The molecule has 1 N–H and O–H groups in total. The Morgan fingerprint density at radius 1 is 1.40 bits per heavy atom. The highest BCUT2D eigenvalue weighted by Gasteiger charge is 2.27. The van der Waals surface area contributed by atoms with E-state index in [2.05, 4.69) is 17.9 Å². The second-order valence-corrected chi connectivity index (χ2v) is 4.41. The Morgan fingerprint density at radius 2 is 2.07 bits per heavy atom. The first-order valence-corrected chi connectivity index (χ1v) is 5.74. The van der Waals surface area contributed by atoms with Gasteiger partial charge in [0.05, 0.1) is 6.10 Å². The summed E-state index contributed by atoms with van der Waals surface area (Å²) in [5.41, 5.74) is 2.25. The highest BCUT2D eigenvalue weighted by Crippen LogP contribution is 2.32. The number of benzene rings is 1. The van der Waals surface area contributed by atoms with Gasteiger partial charge in [0.25, 0.3) is 0 Å². The van der Waals surface area contributed by atoms with Crippen LogP contribution in [-0.4, -0.2) is 18.2 Å². The van der Waals surface area contributed by atoms with E-state index in [-0.39, 0.29) is 6.10 Å². The zero-order valence-corrected chi connectivity index (χ0v) is 9.48. The molecule has 1 fully saturated rings. The van der Waals surface area contributed by atoms with Crippen LogP contribution in [0.2, 0.25) is 0 Å². The van der Waals surface area contributed by atoms with Gasteiger partial charge in [-0.25, -0.2) is 0 Å². The molecule has 1 unspecified atom stereocenters. The van der Waals surface area contributed by atoms with Crippen LogP contribution in [0.1, 0.15) is 31.9 Å². The zero-order valence-electron chi connectivity index (χ0n) is 9.48. The standard InChI is InChI=1S/C13H19NO/c1-3-11-8-14(9-11)13-7-5-4-6-12(13)10(2)15/h4-7,10-11,15H,3,8-9H2,1-2H3. The molecule has 1 saturated heterocycles. The van der Waals surface area contributed by atoms with Gasteiger partial charge >= 0.3 is 0 Å². The second-order valence-electron chi connectivity index (χ2n) is 4.41. The van der Waals surface area contributed by atoms with Crippen molar-refractivity contribution in [3.05, 3.63) is 29.8 Å². The number of rotatable bonds is 3. The van der Waals surface area contributed by atoms with Gasteiger partial charge in [-0.15, -0.1) is 0 Å². The molecule has 15 heavy (non-hydrogen) atoms. The molecule has 1 heterocycles. The molecule has 1 aliphatic heterocycles. The van der Waals surface area contributed by atoms with E-state index in [4.69, 9.17) is 0 Å². The van der Waals surface area contributed by atoms with Gasteiger partial charge in [0.2, 0.25) is 0 Å². The molecule has 0 aliphatic carbocycles. The van der Waals surface area contributed by atoms with Gasteiger partial charge in [0.1, 0.15) is 0 Å². The number of hydrogen-bond acceptors (Lipinski definition) is 2. The number of hydrogen-bond donors (Lipinski definition) is 1. The largest absolute Gasteiger partial charge is 0.389 e. The number of aliphatic hydroxyl groups is 1. The molecule has 1 atom stereocenters. The van der Waals surface area contributed by atoms with Crippen molar-refractivity contribution in [1.29, 1.82) is 0 Å². The molecular formula is C13H19NO. The molecule has 1 aromatic rings. The van der Waals surface area contributed by atoms with Gasteiger partial charge in [0, 0.05) is 24.3 Å². The molecule has 2 rings (SSSR count). The van der Waals surface area contributed by atoms with E-state index in [1.807, 2.05) is 25.1 Å². The zero-order chi connectivity index (χ0) is 10.8. The minimum absolute atomic E-state index is 0.373. The number of para-hydroxylation sites is 1. The van der Waals surface area contributed by atoms with Gasteiger partial charge in [-0.3, -0.25) is 0 Å². The Bertz CT molecular complexity index is 329. The quantitative estimate of drug-likeness (QED) is 0.820. The number of aliphatic hydroxyl groups excluding tert-OH is 1. The molecule has 0 radical (unpaired) electrons. The maximum Gasteiger partial charge on any atom is 0.0781 e. The molecule has 1 aromatic carbocycles. The van der Waals surface area contributed by atoms with E-state index in [1.54, 1.807) is 0 Å². The summed E-state index contributed by atoms with van der Waals surface area (Å²) >= 11 is 0. The van der Waals surface area contributed by atoms with Crippen molar-refractivity contribution in [3.8, 4) is 0 Å². The third-order valence-corrected chi connectivity index (χ3v) is 3.26. The van der Waals surface area contributed by atoms with Crippen molar-refractivity contribution in [1.82, 2.24) is 0 Å². The molecule has 2 nitrogen and oxygen atoms in total. The van der Waals surface area contributed by atoms with Gasteiger partial charge in [-0.05, 0) is 25.3 Å². The van der Waals surface area contributed by atoms with Gasteiger partial charge in [0.15, 0.2) is 0 Å². The van der Waals surface area contributed by atoms with Gasteiger partial charge in [-0.1, -0.05) is 25.1 Å². The van der Waals surface area contributed by atoms with Crippen LogP contribution in [0.15, 0.2) is 24.3 Å². The molecular weight excluding hydrogens is 186 g/mol. The van der Waals surface area contributed by atoms with E-state index in [9.17, 15) is 5.11 Å². The Balaban J connectivity index is 2.15. The van der Waals surface area contributed by atoms with E-state index in [1.165, 1.54) is 12.1 Å². The summed E-state index contributed by atoms with van der Waals surface area (Å²) in [6, 6.07) is 8.15. The van der Waals surface area contributed by atoms with Crippen LogP contribution in [-0.2, 0) is 0 Å². The first-order chi connectivity index (χ1) is 7.22. The Kier molecular flexibility index (Phi) is 2.96. The average molecular weight is 205 g/mol. The third kappa shape index (κ3) is 2.00. The van der Waals surface area contributed by atoms with E-state index in [0.717, 1.165) is 24.6 Å². The van der Waals surface area contributed by atoms with Crippen LogP contribution in [0.3, 0.4) is 0 Å². The van der Waals surface area contributed by atoms with Crippen molar-refractivity contribution in [2.75, 3.05) is 18.0 Å². The highest BCUT2D eigenvalue weighted by atomic mass is 16.3. The van der Waals surface area contributed by atoms with Crippen LogP contribution in [0.4, 0.5) is 5.69 Å². The maximum absolute atomic E-state index is 9.67. The normalized spacial score (nSPS) is 18.7. The smallest absolute Gasteiger partial charge is 0.0781 e. The summed E-state index contributed by atoms with van der Waals surface area (Å²) in [6.45, 7) is 6.35. The first kappa shape index (κ1) is 10.5. The average Bonchev–Trinajstić information content (AvgIpc) is 2.16. The van der Waals surface area contributed by atoms with Crippen molar-refractivity contribution < 1.29 is 5.11 Å². The Morgan fingerprint density at radius 3 is 2.67 bits per heavy atom. The lowest BCUT2D eigenvalue weighted by molar-refractivity contribution is 0.199. The lowest BCUT2D eigenvalue weighted by Crippen LogP contribution is -2.46. The SMILES string of the molecule is CCC1CN(c2ccccc2C(C)O)C1. The Labute approximate surface area is 91.5 Å².